The summed E-state index contributed by atoms with van der Waals surface area (Å²) in [7, 11) is 0. The summed E-state index contributed by atoms with van der Waals surface area (Å²) in [5.74, 6) is 0.388. The molecule has 2 fully saturated rings. The van der Waals surface area contributed by atoms with E-state index in [0.717, 1.165) is 31.4 Å². The Hall–Kier alpha value is -2.38. The molecule has 3 rings (SSSR count). The maximum atomic E-state index is 12.5. The van der Waals surface area contributed by atoms with Crippen LogP contribution in [0.1, 0.15) is 81.0 Å². The lowest BCUT2D eigenvalue weighted by atomic mass is 9.96. The van der Waals surface area contributed by atoms with E-state index in [1.807, 2.05) is 6.92 Å². The highest BCUT2D eigenvalue weighted by Crippen LogP contribution is 2.40. The molecule has 2 aliphatic rings. The molecular weight excluding hydrogens is 362 g/mol. The third-order valence-electron chi connectivity index (χ3n) is 5.30. The molecule has 154 valence electrons. The number of carbonyl (C=O) groups is 3. The highest BCUT2D eigenvalue weighted by molar-refractivity contribution is 5.92. The molecule has 0 aromatic carbocycles. The van der Waals surface area contributed by atoms with Gasteiger partial charge in [0.1, 0.15) is 11.8 Å². The summed E-state index contributed by atoms with van der Waals surface area (Å²) >= 11 is 0. The Morgan fingerprint density at radius 2 is 2.07 bits per heavy atom. The van der Waals surface area contributed by atoms with E-state index in [2.05, 4.69) is 10.5 Å². The van der Waals surface area contributed by atoms with Gasteiger partial charge in [-0.25, -0.2) is 4.79 Å². The topological polar surface area (TPSA) is 102 Å². The van der Waals surface area contributed by atoms with Crippen molar-refractivity contribution in [1.29, 1.82) is 0 Å². The highest BCUT2D eigenvalue weighted by Gasteiger charge is 2.38. The van der Waals surface area contributed by atoms with E-state index in [9.17, 15) is 14.4 Å². The van der Waals surface area contributed by atoms with Gasteiger partial charge in [-0.1, -0.05) is 18.5 Å². The van der Waals surface area contributed by atoms with Crippen LogP contribution in [0.5, 0.6) is 0 Å². The number of hydrogen-bond donors (Lipinski definition) is 1. The predicted octanol–water partition coefficient (Wildman–Crippen LogP) is 2.39. The van der Waals surface area contributed by atoms with Gasteiger partial charge in [-0.3, -0.25) is 9.59 Å². The van der Waals surface area contributed by atoms with Gasteiger partial charge in [0, 0.05) is 31.0 Å². The Balaban J connectivity index is 1.62. The van der Waals surface area contributed by atoms with E-state index >= 15 is 0 Å². The predicted molar refractivity (Wildman–Crippen MR) is 101 cm³/mol. The van der Waals surface area contributed by atoms with Crippen LogP contribution in [0.15, 0.2) is 10.6 Å². The Morgan fingerprint density at radius 1 is 1.29 bits per heavy atom. The van der Waals surface area contributed by atoms with Gasteiger partial charge in [0.15, 0.2) is 5.69 Å². The summed E-state index contributed by atoms with van der Waals surface area (Å²) < 4.78 is 10.4. The van der Waals surface area contributed by atoms with E-state index in [0.29, 0.717) is 31.7 Å². The number of rotatable bonds is 8. The second kappa shape index (κ2) is 9.21. The molecular formula is C20H29N3O5. The van der Waals surface area contributed by atoms with E-state index in [4.69, 9.17) is 9.26 Å². The lowest BCUT2D eigenvalue weighted by Gasteiger charge is -2.38. The summed E-state index contributed by atoms with van der Waals surface area (Å²) in [6.07, 6.45) is 5.21. The number of nitrogens with one attached hydrogen (secondary N) is 1. The van der Waals surface area contributed by atoms with E-state index in [1.165, 1.54) is 0 Å². The van der Waals surface area contributed by atoms with Crippen LogP contribution < -0.4 is 5.32 Å². The monoisotopic (exact) mass is 391 g/mol. The minimum Gasteiger partial charge on any atom is -0.464 e. The number of likely N-dealkylation sites (tertiary alicyclic amines) is 1. The van der Waals surface area contributed by atoms with Crippen molar-refractivity contribution in [2.24, 2.45) is 0 Å². The molecule has 1 unspecified atom stereocenters. The maximum absolute atomic E-state index is 12.5. The third kappa shape index (κ3) is 4.91. The van der Waals surface area contributed by atoms with Crippen LogP contribution in [0.3, 0.4) is 0 Å². The van der Waals surface area contributed by atoms with Crippen molar-refractivity contribution in [1.82, 2.24) is 15.4 Å². The minimum atomic E-state index is -0.664. The number of amides is 2. The van der Waals surface area contributed by atoms with Crippen molar-refractivity contribution in [3.05, 3.63) is 17.5 Å². The van der Waals surface area contributed by atoms with E-state index in [-0.39, 0.29) is 30.2 Å². The molecule has 0 spiro atoms. The number of aromatic nitrogens is 1. The summed E-state index contributed by atoms with van der Waals surface area (Å²) in [5, 5.41) is 6.79. The molecule has 1 aliphatic carbocycles. The van der Waals surface area contributed by atoms with Crippen molar-refractivity contribution in [2.75, 3.05) is 13.2 Å². The Kier molecular flexibility index (Phi) is 6.70. The van der Waals surface area contributed by atoms with Crippen molar-refractivity contribution < 1.29 is 23.6 Å². The van der Waals surface area contributed by atoms with Crippen molar-refractivity contribution in [3.63, 3.8) is 0 Å². The van der Waals surface area contributed by atoms with Crippen LogP contribution in [0.4, 0.5) is 0 Å². The largest absolute Gasteiger partial charge is 0.464 e. The van der Waals surface area contributed by atoms with Crippen LogP contribution in [0, 0.1) is 0 Å². The molecule has 1 aromatic heterocycles. The third-order valence-corrected chi connectivity index (χ3v) is 5.30. The Bertz CT molecular complexity index is 712. The molecule has 2 heterocycles. The van der Waals surface area contributed by atoms with Crippen LogP contribution in [-0.4, -0.2) is 53.1 Å². The first-order valence-corrected chi connectivity index (χ1v) is 10.3. The summed E-state index contributed by atoms with van der Waals surface area (Å²) in [6, 6.07) is 0.806. The maximum Gasteiger partial charge on any atom is 0.328 e. The highest BCUT2D eigenvalue weighted by atomic mass is 16.5. The van der Waals surface area contributed by atoms with Gasteiger partial charge < -0.3 is 19.5 Å². The summed E-state index contributed by atoms with van der Waals surface area (Å²) in [5.41, 5.74) is 0.260. The summed E-state index contributed by atoms with van der Waals surface area (Å²) in [4.78, 5) is 39.0. The first-order valence-electron chi connectivity index (χ1n) is 10.3. The molecule has 1 N–H and O–H groups in total. The lowest BCUT2D eigenvalue weighted by molar-refractivity contribution is -0.157. The van der Waals surface area contributed by atoms with E-state index in [1.54, 1.807) is 17.9 Å². The first-order chi connectivity index (χ1) is 13.5. The minimum absolute atomic E-state index is 0.0322. The molecule has 0 radical (unpaired) electrons. The molecule has 2 atom stereocenters. The quantitative estimate of drug-likeness (QED) is 0.683. The van der Waals surface area contributed by atoms with Crippen molar-refractivity contribution in [3.8, 4) is 0 Å². The number of carbonyl (C=O) groups excluding carboxylic acids is 3. The number of nitrogens with zero attached hydrogens (tertiary/aromatic N) is 2. The number of unbranched alkanes of at least 4 members (excludes halogenated alkanes) is 1. The van der Waals surface area contributed by atoms with Gasteiger partial charge in [-0.2, -0.15) is 0 Å². The average molecular weight is 391 g/mol. The number of piperidine rings is 1. The van der Waals surface area contributed by atoms with E-state index < -0.39 is 12.0 Å². The molecule has 0 bridgehead atoms. The second-order valence-electron chi connectivity index (χ2n) is 7.54. The number of ether oxygens (including phenoxy) is 1. The van der Waals surface area contributed by atoms with Crippen LogP contribution in [-0.2, 0) is 14.3 Å². The molecule has 1 aliphatic heterocycles. The number of hydrogen-bond acceptors (Lipinski definition) is 6. The standard InChI is InChI=1S/C20H29N3O5/c1-3-5-6-18(24)23-10-9-14(11-16(23)20(26)27-4-2)21-19(25)15-12-17(28-22-15)13-7-8-13/h12-14,16H,3-11H2,1-2H3,(H,21,25)/t14?,16-/m0/s1. The molecule has 8 heteroatoms. The van der Waals surface area contributed by atoms with Gasteiger partial charge in [-0.15, -0.1) is 0 Å². The van der Waals surface area contributed by atoms with Crippen LogP contribution >= 0.6 is 0 Å². The van der Waals surface area contributed by atoms with Crippen molar-refractivity contribution in [2.45, 2.75) is 76.8 Å². The molecule has 1 aromatic rings. The summed E-state index contributed by atoms with van der Waals surface area (Å²) in [6.45, 7) is 4.44. The smallest absolute Gasteiger partial charge is 0.328 e. The zero-order valence-corrected chi connectivity index (χ0v) is 16.6. The Labute approximate surface area is 164 Å². The fraction of sp³-hybridized carbons (Fsp3) is 0.700. The van der Waals surface area contributed by atoms with Crippen LogP contribution in [0.25, 0.3) is 0 Å². The van der Waals surface area contributed by atoms with Gasteiger partial charge in [0.25, 0.3) is 5.91 Å². The number of esters is 1. The first kappa shape index (κ1) is 20.4. The van der Waals surface area contributed by atoms with Crippen LogP contribution in [0.2, 0.25) is 0 Å². The SMILES string of the molecule is CCCCC(=O)N1CCC(NC(=O)c2cc(C3CC3)on2)C[C@H]1C(=O)OCC. The zero-order chi connectivity index (χ0) is 20.1. The molecule has 8 nitrogen and oxygen atoms in total. The fourth-order valence-corrected chi connectivity index (χ4v) is 3.54. The van der Waals surface area contributed by atoms with Crippen molar-refractivity contribution >= 4 is 17.8 Å². The molecule has 2 amide bonds. The molecule has 1 saturated heterocycles. The van der Waals surface area contributed by atoms with Gasteiger partial charge >= 0.3 is 5.97 Å². The molecule has 28 heavy (non-hydrogen) atoms. The average Bonchev–Trinajstić information content (AvgIpc) is 3.42. The molecule has 1 saturated carbocycles. The van der Waals surface area contributed by atoms with Gasteiger partial charge in [0.2, 0.25) is 5.91 Å². The van der Waals surface area contributed by atoms with Gasteiger partial charge in [-0.05, 0) is 39.0 Å². The normalized spacial score (nSPS) is 22.0. The second-order valence-corrected chi connectivity index (χ2v) is 7.54. The fourth-order valence-electron chi connectivity index (χ4n) is 3.54. The Morgan fingerprint density at radius 3 is 2.75 bits per heavy atom. The van der Waals surface area contributed by atoms with Gasteiger partial charge in [0.05, 0.1) is 6.61 Å². The lowest BCUT2D eigenvalue weighted by Crippen LogP contribution is -2.55. The zero-order valence-electron chi connectivity index (χ0n) is 16.6.